The summed E-state index contributed by atoms with van der Waals surface area (Å²) in [5.41, 5.74) is 7.81. The third-order valence-corrected chi connectivity index (χ3v) is 24.1. The van der Waals surface area contributed by atoms with Crippen molar-refractivity contribution in [3.05, 3.63) is 101 Å². The molecule has 0 saturated carbocycles. The summed E-state index contributed by atoms with van der Waals surface area (Å²) in [5, 5.41) is 48.9. The lowest BCUT2D eigenvalue weighted by atomic mass is 9.83. The number of unbranched alkanes of at least 4 members (excludes halogenated alkanes) is 1. The van der Waals surface area contributed by atoms with E-state index in [4.69, 9.17) is 40.4 Å². The zero-order valence-corrected chi connectivity index (χ0v) is 80.4. The van der Waals surface area contributed by atoms with Crippen molar-refractivity contribution in [1.29, 1.82) is 0 Å². The van der Waals surface area contributed by atoms with Crippen molar-refractivity contribution in [2.75, 3.05) is 92.8 Å². The number of nitrogens with zero attached hydrogens (tertiary/aromatic N) is 3. The lowest BCUT2D eigenvalue weighted by Crippen LogP contribution is -2.54. The van der Waals surface area contributed by atoms with Crippen molar-refractivity contribution >= 4 is 113 Å². The van der Waals surface area contributed by atoms with Crippen molar-refractivity contribution in [3.8, 4) is 0 Å². The number of nitrogens with one attached hydrogen (secondary N) is 8. The fourth-order valence-electron chi connectivity index (χ4n) is 16.2. The number of carbonyl (C=O) groups is 18. The first kappa shape index (κ1) is 116. The minimum atomic E-state index is -1.35. The lowest BCUT2D eigenvalue weighted by Gasteiger charge is -2.41. The van der Waals surface area contributed by atoms with Gasteiger partial charge in [0.2, 0.25) is 35.4 Å². The number of aliphatic carboxylic acids is 3. The Kier molecular flexibility index (Phi) is 53.0. The molecule has 4 rings (SSSR count). The van der Waals surface area contributed by atoms with Crippen LogP contribution in [0.4, 0.5) is 20.1 Å². The summed E-state index contributed by atoms with van der Waals surface area (Å²) < 4.78 is 33.6. The standard InChI is InChI=1S/C95H143N13O28/c1-14-60(8)86(78(130-12)53-83(117)108-43-21-26-73(108)87(131-13)61(9)74(110)50-66(91(123)124)48-62-22-16-15-17-23-62)106(10)90(122)69(58(4)5)52-77(113)85(59(6)7)107(11)95(129)134-54-64-29-27-63(28-30-64)49-75(111)70(25-20-41-100-93(96)127)103-89(121)68(57(2)3)51-76(112)71(102-81(116)55-136-97)35-36-79(114)98-42-45-133-47-46-132-44-39-80(115)101-67-33-31-65(32-34-67)88(120)99-40-19-18-24-72(92(125)126)104-94(128)105-82(135-56-109)37-38-84(118)119/h15-17,22-23,27-34,56-61,66,68-73,78,82,85-87H,14,18-21,24-26,35-55,97H2,1-13H3,(H,98,114)(H,99,120)(H,101,115)(H,102,116)(H,103,121)(H,118,119)(H,123,124)(H,125,126)(H3,96,100,127)(H2,104,105,128)/t60-,61-,66+,68-,69-,70-,71?,72-,73-,78+,82+,85-,86-,87+/m0/s1. The topological polar surface area (TPSA) is 591 Å². The van der Waals surface area contributed by atoms with Crippen LogP contribution in [0.5, 0.6) is 0 Å². The number of primary amides is 1. The molecule has 15 N–H and O–H groups in total. The van der Waals surface area contributed by atoms with Crippen LogP contribution in [-0.2, 0) is 120 Å². The van der Waals surface area contributed by atoms with Gasteiger partial charge in [-0.25, -0.2) is 25.1 Å². The van der Waals surface area contributed by atoms with Crippen molar-refractivity contribution in [2.45, 2.75) is 246 Å². The molecule has 0 bridgehead atoms. The number of carboxylic acids is 3. The highest BCUT2D eigenvalue weighted by molar-refractivity contribution is 5.98. The van der Waals surface area contributed by atoms with Crippen LogP contribution in [-0.4, -0.2) is 279 Å². The Balaban J connectivity index is 1.27. The van der Waals surface area contributed by atoms with Gasteiger partial charge in [0.25, 0.3) is 12.4 Å². The number of methoxy groups -OCH3 is 2. The fourth-order valence-corrected chi connectivity index (χ4v) is 16.2. The van der Waals surface area contributed by atoms with Gasteiger partial charge in [-0.05, 0) is 122 Å². The van der Waals surface area contributed by atoms with E-state index in [-0.39, 0.29) is 189 Å². The number of ketones is 4. The van der Waals surface area contributed by atoms with Crippen molar-refractivity contribution in [2.24, 2.45) is 59.0 Å². The molecule has 3 aromatic carbocycles. The van der Waals surface area contributed by atoms with Gasteiger partial charge < -0.3 is 107 Å². The number of rotatable bonds is 68. The Morgan fingerprint density at radius 2 is 1.21 bits per heavy atom. The van der Waals surface area contributed by atoms with E-state index >= 15 is 0 Å². The molecule has 12 amide bonds. The van der Waals surface area contributed by atoms with Crippen LogP contribution in [0, 0.1) is 47.3 Å². The minimum Gasteiger partial charge on any atom is -0.481 e. The van der Waals surface area contributed by atoms with Gasteiger partial charge in [0, 0.05) is 122 Å². The maximum Gasteiger partial charge on any atom is 0.410 e. The van der Waals surface area contributed by atoms with Gasteiger partial charge in [-0.15, -0.1) is 0 Å². The first-order chi connectivity index (χ1) is 64.6. The van der Waals surface area contributed by atoms with E-state index in [0.717, 1.165) is 5.56 Å². The molecule has 41 heteroatoms. The van der Waals surface area contributed by atoms with Gasteiger partial charge in [-0.3, -0.25) is 72.0 Å². The van der Waals surface area contributed by atoms with Crippen LogP contribution >= 0.6 is 0 Å². The predicted octanol–water partition coefficient (Wildman–Crippen LogP) is 5.96. The van der Waals surface area contributed by atoms with Crippen molar-refractivity contribution in [3.63, 3.8) is 0 Å². The van der Waals surface area contributed by atoms with Crippen molar-refractivity contribution in [1.82, 2.24) is 51.9 Å². The van der Waals surface area contributed by atoms with Crippen LogP contribution < -0.4 is 54.2 Å². The number of anilines is 1. The van der Waals surface area contributed by atoms with Gasteiger partial charge >= 0.3 is 36.1 Å². The zero-order valence-electron chi connectivity index (χ0n) is 80.4. The number of likely N-dealkylation sites (N-methyl/N-ethyl adjacent to an activating group) is 2. The van der Waals surface area contributed by atoms with Crippen LogP contribution in [0.2, 0.25) is 0 Å². The molecule has 0 radical (unpaired) electrons. The van der Waals surface area contributed by atoms with Crippen molar-refractivity contribution < 1.29 is 135 Å². The van der Waals surface area contributed by atoms with E-state index in [0.29, 0.717) is 49.0 Å². The number of carboxylic acid groups (broad SMARTS) is 3. The number of Topliss-reactive ketones (excluding diaryl/α,β-unsaturated/α-hetero) is 4. The van der Waals surface area contributed by atoms with E-state index in [1.165, 1.54) is 50.4 Å². The Morgan fingerprint density at radius 3 is 1.80 bits per heavy atom. The van der Waals surface area contributed by atoms with E-state index in [1.54, 1.807) is 75.7 Å². The number of nitrogens with two attached hydrogens (primary N) is 2. The van der Waals surface area contributed by atoms with Gasteiger partial charge in [-0.1, -0.05) is 123 Å². The quantitative estimate of drug-likeness (QED) is 0.0134. The largest absolute Gasteiger partial charge is 0.481 e. The first-order valence-corrected chi connectivity index (χ1v) is 46.2. The van der Waals surface area contributed by atoms with Crippen LogP contribution in [0.1, 0.15) is 199 Å². The molecular weight excluding hydrogens is 1770 g/mol. The predicted molar refractivity (Wildman–Crippen MR) is 496 cm³/mol. The second kappa shape index (κ2) is 61.9. The minimum absolute atomic E-state index is 0.0200. The molecule has 14 atom stereocenters. The van der Waals surface area contributed by atoms with Gasteiger partial charge in [0.05, 0.1) is 94.0 Å². The summed E-state index contributed by atoms with van der Waals surface area (Å²) in [5.74, 6) is -8.74. The fraction of sp³-hybridized carbons (Fsp3) is 0.621. The highest BCUT2D eigenvalue weighted by Crippen LogP contribution is 2.33. The number of hydrogen-bond acceptors (Lipinski definition) is 26. The molecule has 0 aliphatic carbocycles. The molecule has 1 saturated heterocycles. The highest BCUT2D eigenvalue weighted by Gasteiger charge is 2.45. The second-order valence-corrected chi connectivity index (χ2v) is 35.2. The first-order valence-electron chi connectivity index (χ1n) is 46.2. The Hall–Kier alpha value is -11.9. The number of ether oxygens (including phenoxy) is 6. The smallest absolute Gasteiger partial charge is 0.410 e. The van der Waals surface area contributed by atoms with Gasteiger partial charge in [-0.2, -0.15) is 0 Å². The van der Waals surface area contributed by atoms with E-state index < -0.39 is 181 Å². The summed E-state index contributed by atoms with van der Waals surface area (Å²) in [4.78, 5) is 245. The number of benzene rings is 3. The van der Waals surface area contributed by atoms with E-state index in [2.05, 4.69) is 52.1 Å². The Bertz CT molecular complexity index is 4370. The molecule has 41 nitrogen and oxygen atoms in total. The molecule has 756 valence electrons. The van der Waals surface area contributed by atoms with Crippen LogP contribution in [0.15, 0.2) is 78.9 Å². The van der Waals surface area contributed by atoms with Crippen LogP contribution in [0.25, 0.3) is 0 Å². The maximum absolute atomic E-state index is 15.0. The number of hydrogen-bond donors (Lipinski definition) is 13. The van der Waals surface area contributed by atoms with Crippen LogP contribution in [0.3, 0.4) is 0 Å². The lowest BCUT2D eigenvalue weighted by molar-refractivity contribution is -0.149. The Morgan fingerprint density at radius 1 is 0.574 bits per heavy atom. The average Bonchev–Trinajstić information content (AvgIpc) is 1.36. The molecule has 1 aliphatic heterocycles. The number of urea groups is 2. The third kappa shape index (κ3) is 41.3. The molecule has 0 spiro atoms. The summed E-state index contributed by atoms with van der Waals surface area (Å²) in [6, 6.07) is 13.9. The monoisotopic (exact) mass is 1910 g/mol. The van der Waals surface area contributed by atoms with E-state index in [1.807, 2.05) is 58.0 Å². The normalized spacial score (nSPS) is 15.3. The summed E-state index contributed by atoms with van der Waals surface area (Å²) in [6.45, 7) is 16.3. The molecule has 136 heavy (non-hydrogen) atoms. The highest BCUT2D eigenvalue weighted by atomic mass is 16.6. The molecule has 1 fully saturated rings. The summed E-state index contributed by atoms with van der Waals surface area (Å²) in [6.07, 6.45) is -3.30. The molecule has 1 heterocycles. The number of carbonyl (C=O) groups excluding carboxylic acids is 15. The summed E-state index contributed by atoms with van der Waals surface area (Å²) >= 11 is 0. The number of likely N-dealkylation sites (tertiary alicyclic amines) is 1. The molecule has 1 unspecified atom stereocenters. The molecular formula is C95H143N13O28. The zero-order chi connectivity index (χ0) is 101. The van der Waals surface area contributed by atoms with E-state index in [9.17, 15) is 96.5 Å². The average molecular weight is 1920 g/mol. The third-order valence-electron chi connectivity index (χ3n) is 24.1. The molecule has 3 aromatic rings. The molecule has 1 aliphatic rings. The number of amides is 12. The van der Waals surface area contributed by atoms with Gasteiger partial charge in [0.1, 0.15) is 25.0 Å². The summed E-state index contributed by atoms with van der Waals surface area (Å²) in [7, 11) is 6.05. The SMILES string of the molecule is CC[C@H](C)[C@@H]([C@@H](CC(=O)N1CCC[C@H]1[C@H](OC)[C@@H](C)C(=O)C[C@@H](Cc1ccccc1)C(=O)O)OC)N(C)C(=O)[C@@H](CC(=O)[C@H](C(C)C)N(C)C(=O)OCc1ccc(CC(=O)[C@H](CCCNC(N)=O)NC(=O)[C@@H](CC(=O)C(CCC(=O)NCCOCCOCCC(=O)Nc2ccc(C(=O)NCCCC[C@H](NC(=O)N[C@@H](CCC(=O)O)OC=O)C(=O)O)cc2)NC(=O)CON)C(C)C)cc1)C(C)C. The molecule has 0 aromatic heterocycles. The maximum atomic E-state index is 15.0. The Labute approximate surface area is 794 Å². The van der Waals surface area contributed by atoms with Gasteiger partial charge in [0.15, 0.2) is 23.6 Å². The second-order valence-electron chi connectivity index (χ2n) is 35.2.